The minimum Gasteiger partial charge on any atom is -0.748 e. The lowest BCUT2D eigenvalue weighted by atomic mass is 9.80. The summed E-state index contributed by atoms with van der Waals surface area (Å²) in [4.78, 5) is 136. The van der Waals surface area contributed by atoms with E-state index >= 15 is 0 Å². The van der Waals surface area contributed by atoms with Crippen molar-refractivity contribution in [1.82, 2.24) is 0 Å². The minimum absolute atomic E-state index is 0.00116. The van der Waals surface area contributed by atoms with E-state index in [-0.39, 0.29) is 104 Å². The van der Waals surface area contributed by atoms with Crippen LogP contribution in [0.1, 0.15) is 157 Å². The number of benzene rings is 8. The first-order valence-electron chi connectivity index (χ1n) is 42.9. The van der Waals surface area contributed by atoms with Gasteiger partial charge in [-0.2, -0.15) is 0 Å². The van der Waals surface area contributed by atoms with Crippen molar-refractivity contribution in [2.75, 3.05) is 61.8 Å². The Balaban J connectivity index is 0.000000157. The van der Waals surface area contributed by atoms with Gasteiger partial charge >= 0.3 is 65.7 Å². The average molecular weight is 2590 g/mol. The summed E-state index contributed by atoms with van der Waals surface area (Å²) < 4.78 is 219. The van der Waals surface area contributed by atoms with E-state index in [2.05, 4.69) is 0 Å². The van der Waals surface area contributed by atoms with Gasteiger partial charge < -0.3 is 74.9 Å². The summed E-state index contributed by atoms with van der Waals surface area (Å²) in [5.74, 6) is -11.4. The molecule has 4 bridgehead atoms. The van der Waals surface area contributed by atoms with Crippen LogP contribution in [-0.2, 0) is 108 Å². The fourth-order valence-electron chi connectivity index (χ4n) is 17.2. The van der Waals surface area contributed by atoms with Gasteiger partial charge in [-0.15, -0.1) is 0 Å². The van der Waals surface area contributed by atoms with Gasteiger partial charge in [0.05, 0.1) is 130 Å². The summed E-state index contributed by atoms with van der Waals surface area (Å²) in [6, 6.07) is 44.9. The Morgan fingerprint density at radius 1 is 0.371 bits per heavy atom. The van der Waals surface area contributed by atoms with E-state index in [1.807, 2.05) is 192 Å². The third kappa shape index (κ3) is 30.7. The van der Waals surface area contributed by atoms with Crippen molar-refractivity contribution in [3.8, 4) is 39.9 Å². The molecule has 140 heavy (non-hydrogen) atoms. The van der Waals surface area contributed by atoms with Crippen LogP contribution in [0.4, 0.5) is 0 Å². The zero-order chi connectivity index (χ0) is 101. The van der Waals surface area contributed by atoms with Gasteiger partial charge in [-0.1, -0.05) is 111 Å². The quantitative estimate of drug-likeness (QED) is 0.0133. The van der Waals surface area contributed by atoms with E-state index in [0.29, 0.717) is 29.0 Å². The molecule has 6 fully saturated rings. The predicted octanol–water partition coefficient (Wildman–Crippen LogP) is 12.3. The lowest BCUT2D eigenvalue weighted by Gasteiger charge is -2.23. The highest BCUT2D eigenvalue weighted by molar-refractivity contribution is 14.1. The Kier molecular flexibility index (Phi) is 38.0. The topological polar surface area (TPSA) is 575 Å². The maximum atomic E-state index is 13.3. The third-order valence-corrected chi connectivity index (χ3v) is 30.9. The van der Waals surface area contributed by atoms with Crippen molar-refractivity contribution in [3.05, 3.63) is 238 Å². The summed E-state index contributed by atoms with van der Waals surface area (Å²) in [5, 5.41) is 0. The Morgan fingerprint density at radius 2 is 0.771 bits per heavy atom. The maximum absolute atomic E-state index is 13.3. The van der Waals surface area contributed by atoms with Crippen LogP contribution in [0.15, 0.2) is 170 Å². The molecule has 7 aliphatic carbocycles. The van der Waals surface area contributed by atoms with Gasteiger partial charge in [-0.05, 0) is 300 Å². The molecule has 16 rings (SSSR count). The molecule has 37 nitrogen and oxygen atoms in total. The average Bonchev–Trinajstić information content (AvgIpc) is 1.56. The van der Waals surface area contributed by atoms with Crippen LogP contribution in [0.3, 0.4) is 0 Å². The molecule has 8 aliphatic rings. The molecule has 9 atom stereocenters. The summed E-state index contributed by atoms with van der Waals surface area (Å²) in [5.41, 5.74) is 5.48. The van der Waals surface area contributed by atoms with E-state index < -0.39 is 184 Å². The van der Waals surface area contributed by atoms with E-state index in [1.165, 1.54) is 67.1 Å². The molecular weight excluding hydrogens is 2500 g/mol. The van der Waals surface area contributed by atoms with Crippen molar-refractivity contribution >= 4 is 235 Å². The molecular formula is C93H82I5O37S5-5. The summed E-state index contributed by atoms with van der Waals surface area (Å²) in [7, 11) is -22.4. The van der Waals surface area contributed by atoms with Gasteiger partial charge in [0.1, 0.15) is 90.8 Å². The normalized spacial score (nSPS) is 19.4. The van der Waals surface area contributed by atoms with Crippen LogP contribution >= 0.6 is 113 Å². The van der Waals surface area contributed by atoms with Crippen LogP contribution in [0, 0.1) is 65.2 Å². The van der Waals surface area contributed by atoms with Gasteiger partial charge in [-0.3, -0.25) is 28.8 Å². The van der Waals surface area contributed by atoms with E-state index in [0.717, 1.165) is 98.3 Å². The number of carbonyl (C=O) groups is 11. The Labute approximate surface area is 871 Å². The number of esters is 11. The maximum Gasteiger partial charge on any atom is 0.341 e. The van der Waals surface area contributed by atoms with E-state index in [4.69, 9.17) is 52.1 Å². The van der Waals surface area contributed by atoms with Crippen LogP contribution < -0.4 is 23.7 Å². The second-order valence-corrected chi connectivity index (χ2v) is 46.5. The Hall–Kier alpha value is -9.13. The van der Waals surface area contributed by atoms with Gasteiger partial charge in [0.15, 0.2) is 0 Å². The van der Waals surface area contributed by atoms with Crippen molar-refractivity contribution < 1.29 is 170 Å². The number of hydrogen-bond donors (Lipinski definition) is 0. The SMILES string of the molecule is O=C(OCCS(=O)(=O)[O-])c1ccc(I)c(OC(=O)C2C3CC4OC(=O)C2C4C3)c1.O=C(OCCS(=O)(=O)[O-])c1ccc(I)c(OC(=O)C2CC3CCC2C3)c1.O=C(OCCS(=O)(=O)[O-])c1ccc(I)c(OC(=O)C2CCCCC2)c1.O=C(OCCS(=O)(=O)[O-])c1ccc(I)cc1OC(=O)C1C=Cc2ccccc21.O=C(OCCS(=O)(=O)[O-])c1ccc(I)cc1OC(=O)C1c2ccccc2-c2ccccc21. The summed E-state index contributed by atoms with van der Waals surface area (Å²) in [6.45, 7) is -2.77. The van der Waals surface area contributed by atoms with Crippen molar-refractivity contribution in [2.24, 2.45) is 47.3 Å². The number of fused-ring (bicyclic) bond motifs is 7. The minimum atomic E-state index is -4.52. The molecule has 0 aromatic heterocycles. The molecule has 0 radical (unpaired) electrons. The molecule has 5 saturated carbocycles. The smallest absolute Gasteiger partial charge is 0.341 e. The van der Waals surface area contributed by atoms with Crippen LogP contribution in [0.5, 0.6) is 28.7 Å². The summed E-state index contributed by atoms with van der Waals surface area (Å²) >= 11 is 9.97. The number of ether oxygens (including phenoxy) is 11. The number of hydrogen-bond acceptors (Lipinski definition) is 37. The van der Waals surface area contributed by atoms with Gasteiger partial charge in [0.25, 0.3) is 0 Å². The second-order valence-electron chi connectivity index (χ2n) is 32.9. The van der Waals surface area contributed by atoms with Gasteiger partial charge in [0, 0.05) is 13.1 Å². The standard InChI is InChI=1S/C23H17IO7S.C19H15IO7S.C18H17IO9S.C17H19IO7S.C16H19IO7S/c24-14-9-10-19(22(25)30-11-12-32(27,28)29)20(13-14)31-23(26)21-17-7-3-1-5-15(17)16-6-2-4-8-18(16)21;20-13-6-8-16(18(21)26-9-10-28(23,24)25)17(11-13)27-19(22)15-7-5-12-3-1-2-4-14(12)15;19-11-2-1-8(16(20)26-3-4-29(23,24)25)6-13(11)28-17(21)14-9-5-10-12(7-9)27-18(22)15(10)14;18-14-4-3-12(16(19)24-5-6-26(21,22)23)9-15(14)25-17(20)13-8-10-1-2-11(13)7-10;17-13-7-6-12(15(18)23-8-9-25(20,21)22)10-14(13)24-16(19)11-4-2-1-3-5-11/h1-10,13,21H,11-12H2,(H,27,28,29);1-8,11,15H,9-10H2,(H,23,24,25);1-2,6,9-10,12,14-15H,3-5,7H2,(H,23,24,25);3-4,9-11,13H,1-2,5-8H2,(H,21,22,23);6-7,10-11H,1-5,8-9H2,(H,20,21,22)/p-5. The first-order chi connectivity index (χ1) is 66.1. The molecule has 1 heterocycles. The molecule has 1 saturated heterocycles. The number of carbonyl (C=O) groups excluding carboxylic acids is 11. The molecule has 0 spiro atoms. The monoisotopic (exact) mass is 2580 g/mol. The molecule has 0 N–H and O–H groups in total. The Morgan fingerprint density at radius 3 is 1.20 bits per heavy atom. The molecule has 47 heteroatoms. The molecule has 1 aliphatic heterocycles. The lowest BCUT2D eigenvalue weighted by molar-refractivity contribution is -0.149. The zero-order valence-corrected chi connectivity index (χ0v) is 87.8. The van der Waals surface area contributed by atoms with Crippen molar-refractivity contribution in [2.45, 2.75) is 88.6 Å². The van der Waals surface area contributed by atoms with E-state index in [1.54, 1.807) is 36.4 Å². The Bertz CT molecular complexity index is 6720. The molecule has 8 aromatic rings. The van der Waals surface area contributed by atoms with Crippen LogP contribution in [-0.4, -0.2) is 198 Å². The zero-order valence-electron chi connectivity index (χ0n) is 73.0. The number of halogens is 5. The second kappa shape index (κ2) is 48.5. The number of rotatable bonds is 30. The van der Waals surface area contributed by atoms with Crippen LogP contribution in [0.2, 0.25) is 0 Å². The van der Waals surface area contributed by atoms with Crippen LogP contribution in [0.25, 0.3) is 17.2 Å². The highest BCUT2D eigenvalue weighted by Gasteiger charge is 2.64. The highest BCUT2D eigenvalue weighted by Crippen LogP contribution is 2.58. The van der Waals surface area contributed by atoms with Crippen molar-refractivity contribution in [3.63, 3.8) is 0 Å². The first-order valence-corrected chi connectivity index (χ1v) is 56.2. The highest BCUT2D eigenvalue weighted by atomic mass is 127. The largest absolute Gasteiger partial charge is 0.748 e. The molecule has 8 aromatic carbocycles. The lowest BCUT2D eigenvalue weighted by Crippen LogP contribution is -2.35. The van der Waals surface area contributed by atoms with Gasteiger partial charge in [0.2, 0.25) is 0 Å². The fourth-order valence-corrected chi connectivity index (χ4v) is 20.9. The van der Waals surface area contributed by atoms with E-state index in [9.17, 15) is 118 Å². The first kappa shape index (κ1) is 110. The van der Waals surface area contributed by atoms with Crippen molar-refractivity contribution in [1.29, 1.82) is 0 Å². The summed E-state index contributed by atoms with van der Waals surface area (Å²) in [6.07, 6.45) is 13.9. The third-order valence-electron chi connectivity index (χ3n) is 23.6. The predicted molar refractivity (Wildman–Crippen MR) is 529 cm³/mol. The molecule has 9 unspecified atom stereocenters. The van der Waals surface area contributed by atoms with Gasteiger partial charge in [-0.25, -0.2) is 66.1 Å². The fraction of sp³-hybridized carbons (Fsp3) is 0.344. The molecule has 746 valence electrons. The molecule has 0 amide bonds.